The summed E-state index contributed by atoms with van der Waals surface area (Å²) in [5, 5.41) is 0.0752. The number of hydrogen-bond donors (Lipinski definition) is 0. The molecule has 36 heavy (non-hydrogen) atoms. The van der Waals surface area contributed by atoms with E-state index in [4.69, 9.17) is 23.4 Å². The van der Waals surface area contributed by atoms with Crippen LogP contribution in [0.1, 0.15) is 60.5 Å². The molecular weight excluding hydrogens is 475 g/mol. The van der Waals surface area contributed by atoms with E-state index in [0.29, 0.717) is 6.42 Å². The molecule has 7 heteroatoms. The van der Waals surface area contributed by atoms with Crippen molar-refractivity contribution in [1.82, 2.24) is 0 Å². The van der Waals surface area contributed by atoms with Gasteiger partial charge >= 0.3 is 0 Å². The van der Waals surface area contributed by atoms with Crippen molar-refractivity contribution in [2.24, 2.45) is 5.92 Å². The first-order valence-corrected chi connectivity index (χ1v) is 15.8. The van der Waals surface area contributed by atoms with Gasteiger partial charge in [0.1, 0.15) is 23.8 Å². The van der Waals surface area contributed by atoms with Crippen LogP contribution in [0.15, 0.2) is 48.8 Å². The normalized spacial score (nSPS) is 23.2. The second kappa shape index (κ2) is 12.4. The molecule has 1 aliphatic rings. The van der Waals surface area contributed by atoms with E-state index in [1.165, 1.54) is 0 Å². The maximum absolute atomic E-state index is 16.0. The molecule has 0 radical (unpaired) electrons. The monoisotopic (exact) mass is 522 g/mol. The minimum atomic E-state index is -1.99. The molecule has 1 aliphatic heterocycles. The van der Waals surface area contributed by atoms with Gasteiger partial charge in [0.25, 0.3) is 0 Å². The van der Waals surface area contributed by atoms with Gasteiger partial charge in [-0.1, -0.05) is 45.9 Å². The molecule has 1 aromatic carbocycles. The van der Waals surface area contributed by atoms with Crippen LogP contribution in [0.2, 0.25) is 18.1 Å². The molecule has 3 unspecified atom stereocenters. The molecule has 1 saturated heterocycles. The highest BCUT2D eigenvalue weighted by Crippen LogP contribution is 2.39. The lowest BCUT2D eigenvalue weighted by Gasteiger charge is -2.39. The molecule has 2 rings (SSSR count). The van der Waals surface area contributed by atoms with Crippen LogP contribution in [-0.4, -0.2) is 45.6 Å². The van der Waals surface area contributed by atoms with E-state index in [1.54, 1.807) is 19.3 Å². The summed E-state index contributed by atoms with van der Waals surface area (Å²) in [6, 6.07) is 7.54. The minimum absolute atomic E-state index is 0.0752. The van der Waals surface area contributed by atoms with E-state index in [-0.39, 0.29) is 35.6 Å². The third-order valence-electron chi connectivity index (χ3n) is 7.23. The van der Waals surface area contributed by atoms with Gasteiger partial charge in [-0.15, -0.1) is 6.58 Å². The van der Waals surface area contributed by atoms with Crippen LogP contribution in [0.4, 0.5) is 4.39 Å². The fourth-order valence-corrected chi connectivity index (χ4v) is 5.43. The molecule has 0 aliphatic carbocycles. The van der Waals surface area contributed by atoms with Crippen molar-refractivity contribution in [3.8, 4) is 5.75 Å². The number of ether oxygens (including phenoxy) is 4. The van der Waals surface area contributed by atoms with Crippen molar-refractivity contribution in [3.05, 3.63) is 54.4 Å². The van der Waals surface area contributed by atoms with Crippen molar-refractivity contribution in [2.75, 3.05) is 7.11 Å². The Hall–Kier alpha value is -1.51. The molecule has 0 bridgehead atoms. The molecule has 0 saturated carbocycles. The Labute approximate surface area is 219 Å². The molecule has 5 atom stereocenters. The first-order chi connectivity index (χ1) is 16.6. The van der Waals surface area contributed by atoms with E-state index >= 15 is 4.39 Å². The van der Waals surface area contributed by atoms with E-state index in [0.717, 1.165) is 11.3 Å². The van der Waals surface area contributed by atoms with E-state index < -0.39 is 26.3 Å². The highest BCUT2D eigenvalue weighted by atomic mass is 28.4. The largest absolute Gasteiger partial charge is 0.497 e. The van der Waals surface area contributed by atoms with Crippen molar-refractivity contribution in [3.63, 3.8) is 0 Å². The van der Waals surface area contributed by atoms with Crippen molar-refractivity contribution < 1.29 is 27.8 Å². The fourth-order valence-electron chi connectivity index (χ4n) is 3.94. The van der Waals surface area contributed by atoms with Gasteiger partial charge < -0.3 is 23.4 Å². The molecule has 204 valence electrons. The zero-order chi connectivity index (χ0) is 27.3. The second-order valence-corrected chi connectivity index (χ2v) is 16.5. The van der Waals surface area contributed by atoms with E-state index in [9.17, 15) is 0 Å². The predicted molar refractivity (Wildman–Crippen MR) is 146 cm³/mol. The van der Waals surface area contributed by atoms with Crippen LogP contribution in [0.25, 0.3) is 0 Å². The summed E-state index contributed by atoms with van der Waals surface area (Å²) in [4.78, 5) is 0. The fraction of sp³-hybridized carbons (Fsp3) is 0.655. The van der Waals surface area contributed by atoms with Gasteiger partial charge in [0.2, 0.25) is 0 Å². The zero-order valence-electron chi connectivity index (χ0n) is 23.9. The van der Waals surface area contributed by atoms with Gasteiger partial charge in [-0.3, -0.25) is 0 Å². The van der Waals surface area contributed by atoms with Crippen LogP contribution in [-0.2, 0) is 25.2 Å². The highest BCUT2D eigenvalue weighted by molar-refractivity contribution is 6.74. The third-order valence-corrected chi connectivity index (χ3v) is 11.8. The summed E-state index contributed by atoms with van der Waals surface area (Å²) >= 11 is 0. The Balaban J connectivity index is 2.29. The zero-order valence-corrected chi connectivity index (χ0v) is 24.9. The first-order valence-electron chi connectivity index (χ1n) is 12.9. The molecule has 0 amide bonds. The lowest BCUT2D eigenvalue weighted by molar-refractivity contribution is -0.158. The first kappa shape index (κ1) is 30.7. The van der Waals surface area contributed by atoms with Gasteiger partial charge in [-0.05, 0) is 69.1 Å². The van der Waals surface area contributed by atoms with Crippen molar-refractivity contribution in [2.45, 2.75) is 110 Å². The van der Waals surface area contributed by atoms with Gasteiger partial charge in [-0.2, -0.15) is 0 Å². The maximum Gasteiger partial charge on any atom is 0.192 e. The summed E-state index contributed by atoms with van der Waals surface area (Å²) in [6.45, 7) is 22.8. The summed E-state index contributed by atoms with van der Waals surface area (Å²) in [5.41, 5.74) is 0.912. The van der Waals surface area contributed by atoms with Crippen LogP contribution in [0.5, 0.6) is 5.75 Å². The Morgan fingerprint density at radius 2 is 1.78 bits per heavy atom. The second-order valence-electron chi connectivity index (χ2n) is 11.7. The molecule has 1 heterocycles. The van der Waals surface area contributed by atoms with Gasteiger partial charge in [-0.25, -0.2) is 4.39 Å². The Morgan fingerprint density at radius 1 is 1.17 bits per heavy atom. The van der Waals surface area contributed by atoms with Gasteiger partial charge in [0, 0.05) is 12.0 Å². The highest BCUT2D eigenvalue weighted by Gasteiger charge is 2.47. The summed E-state index contributed by atoms with van der Waals surface area (Å²) in [5.74, 6) is -0.613. The summed E-state index contributed by atoms with van der Waals surface area (Å²) in [6.07, 6.45) is 1.87. The summed E-state index contributed by atoms with van der Waals surface area (Å²) in [7, 11) is -0.369. The molecule has 1 aromatic rings. The molecule has 1 fully saturated rings. The minimum Gasteiger partial charge on any atom is -0.497 e. The average Bonchev–Trinajstić information content (AvgIpc) is 3.07. The summed E-state index contributed by atoms with van der Waals surface area (Å²) < 4.78 is 46.2. The molecule has 5 nitrogen and oxygen atoms in total. The number of halogens is 1. The van der Waals surface area contributed by atoms with Crippen LogP contribution in [0, 0.1) is 5.92 Å². The van der Waals surface area contributed by atoms with Crippen LogP contribution >= 0.6 is 0 Å². The molecule has 0 aromatic heterocycles. The van der Waals surface area contributed by atoms with E-state index in [2.05, 4.69) is 40.4 Å². The number of methoxy groups -OCH3 is 1. The molecule has 0 N–H and O–H groups in total. The maximum atomic E-state index is 16.0. The number of benzene rings is 1. The van der Waals surface area contributed by atoms with Crippen molar-refractivity contribution >= 4 is 8.32 Å². The smallest absolute Gasteiger partial charge is 0.192 e. The number of hydrogen-bond acceptors (Lipinski definition) is 5. The average molecular weight is 523 g/mol. The van der Waals surface area contributed by atoms with Crippen molar-refractivity contribution in [1.29, 1.82) is 0 Å². The Morgan fingerprint density at radius 3 is 2.31 bits per heavy atom. The Kier molecular flexibility index (Phi) is 10.5. The number of rotatable bonds is 12. The Bertz CT molecular complexity index is 875. The SMILES string of the molecule is C=CCC1OC(C)(C)OC1C(OCc1ccc(OC)cc1)C(F)=C[C@@H](C)[C@@H](C)O[Si](C)(C)C(C)(C)C. The molecule has 0 spiro atoms. The van der Waals surface area contributed by atoms with Gasteiger partial charge in [0.15, 0.2) is 14.1 Å². The lowest BCUT2D eigenvalue weighted by Crippen LogP contribution is -2.44. The topological polar surface area (TPSA) is 46.2 Å². The lowest BCUT2D eigenvalue weighted by atomic mass is 9.99. The standard InChI is InChI=1S/C29H47FO5Si/c1-12-13-25-27(34-29(7,8)33-25)26(32-19-22-14-16-23(31-9)17-15-22)24(30)18-20(2)21(3)35-36(10,11)28(4,5)6/h12,14-18,20-21,25-27H,1,13,19H2,2-11H3/t20-,21-,25?,26?,27?/m1/s1. The predicted octanol–water partition coefficient (Wildman–Crippen LogP) is 7.58. The van der Waals surface area contributed by atoms with Gasteiger partial charge in [0.05, 0.1) is 19.8 Å². The van der Waals surface area contributed by atoms with Crippen LogP contribution in [0.3, 0.4) is 0 Å². The molecular formula is C29H47FO5Si. The van der Waals surface area contributed by atoms with Crippen LogP contribution < -0.4 is 4.74 Å². The quantitative estimate of drug-likeness (QED) is 0.209. The van der Waals surface area contributed by atoms with E-state index in [1.807, 2.05) is 52.0 Å². The third kappa shape index (κ3) is 8.25.